The molecule has 3 rings (SSSR count). The molecule has 3 nitrogen and oxygen atoms in total. The second-order valence-electron chi connectivity index (χ2n) is 6.13. The van der Waals surface area contributed by atoms with Gasteiger partial charge in [0.05, 0.1) is 0 Å². The minimum absolute atomic E-state index is 0.366. The first-order valence-corrected chi connectivity index (χ1v) is 6.62. The lowest BCUT2D eigenvalue weighted by molar-refractivity contribution is -0.145. The number of hydrogen-bond acceptors (Lipinski definition) is 2. The Hall–Kier alpha value is -0.570. The second-order valence-corrected chi connectivity index (χ2v) is 6.13. The molecule has 0 aromatic heterocycles. The lowest BCUT2D eigenvalue weighted by atomic mass is 9.92. The molecule has 3 saturated carbocycles. The summed E-state index contributed by atoms with van der Waals surface area (Å²) >= 11 is 0. The number of nitrogens with one attached hydrogen (secondary N) is 1. The second kappa shape index (κ2) is 3.46. The molecule has 3 aliphatic carbocycles. The SMILES string of the molecule is CC(NC(C1CC1)C1CC1)(C(=O)O)C1CC1. The average molecular weight is 223 g/mol. The molecule has 0 bridgehead atoms. The van der Waals surface area contributed by atoms with E-state index in [9.17, 15) is 9.90 Å². The number of hydrogen-bond donors (Lipinski definition) is 2. The normalized spacial score (nSPS) is 29.1. The molecule has 90 valence electrons. The number of aliphatic carboxylic acids is 1. The molecule has 3 fully saturated rings. The van der Waals surface area contributed by atoms with Gasteiger partial charge in [-0.25, -0.2) is 0 Å². The number of carboxylic acids is 1. The van der Waals surface area contributed by atoms with Crippen LogP contribution in [0.4, 0.5) is 0 Å². The summed E-state index contributed by atoms with van der Waals surface area (Å²) in [6.45, 7) is 1.89. The van der Waals surface area contributed by atoms with E-state index in [1.165, 1.54) is 25.7 Å². The van der Waals surface area contributed by atoms with Crippen LogP contribution >= 0.6 is 0 Å². The Bertz CT molecular complexity index is 293. The maximum absolute atomic E-state index is 11.5. The highest BCUT2D eigenvalue weighted by atomic mass is 16.4. The zero-order chi connectivity index (χ0) is 11.3. The van der Waals surface area contributed by atoms with Gasteiger partial charge in [0, 0.05) is 6.04 Å². The standard InChI is InChI=1S/C13H21NO2/c1-13(12(15)16,10-6-7-10)14-11(8-2-3-8)9-4-5-9/h8-11,14H,2-7H2,1H3,(H,15,16). The van der Waals surface area contributed by atoms with Gasteiger partial charge in [-0.05, 0) is 63.2 Å². The van der Waals surface area contributed by atoms with Gasteiger partial charge in [0.1, 0.15) is 5.54 Å². The summed E-state index contributed by atoms with van der Waals surface area (Å²) in [4.78, 5) is 11.5. The Kier molecular flexibility index (Phi) is 2.29. The van der Waals surface area contributed by atoms with Gasteiger partial charge in [-0.1, -0.05) is 0 Å². The van der Waals surface area contributed by atoms with Crippen molar-refractivity contribution in [2.75, 3.05) is 0 Å². The number of carbonyl (C=O) groups is 1. The van der Waals surface area contributed by atoms with E-state index in [1.807, 2.05) is 6.92 Å². The van der Waals surface area contributed by atoms with Crippen LogP contribution < -0.4 is 5.32 Å². The molecule has 0 spiro atoms. The molecule has 1 unspecified atom stereocenters. The number of rotatable bonds is 6. The summed E-state index contributed by atoms with van der Waals surface area (Å²) in [6, 6.07) is 0.488. The van der Waals surface area contributed by atoms with Crippen molar-refractivity contribution < 1.29 is 9.90 Å². The van der Waals surface area contributed by atoms with Crippen LogP contribution in [-0.4, -0.2) is 22.7 Å². The van der Waals surface area contributed by atoms with E-state index in [0.717, 1.165) is 24.7 Å². The molecular weight excluding hydrogens is 202 g/mol. The van der Waals surface area contributed by atoms with Crippen molar-refractivity contribution >= 4 is 5.97 Å². The summed E-state index contributed by atoms with van der Waals surface area (Å²) in [5, 5.41) is 12.9. The van der Waals surface area contributed by atoms with Crippen LogP contribution in [0.15, 0.2) is 0 Å². The van der Waals surface area contributed by atoms with E-state index in [2.05, 4.69) is 5.32 Å². The van der Waals surface area contributed by atoms with Crippen LogP contribution in [0.5, 0.6) is 0 Å². The highest BCUT2D eigenvalue weighted by Crippen LogP contribution is 2.47. The van der Waals surface area contributed by atoms with E-state index in [1.54, 1.807) is 0 Å². The molecule has 3 aliphatic rings. The minimum Gasteiger partial charge on any atom is -0.480 e. The van der Waals surface area contributed by atoms with Gasteiger partial charge in [-0.2, -0.15) is 0 Å². The molecule has 0 aromatic carbocycles. The Morgan fingerprint density at radius 1 is 1.19 bits per heavy atom. The van der Waals surface area contributed by atoms with Crippen LogP contribution in [0, 0.1) is 17.8 Å². The maximum atomic E-state index is 11.5. The predicted octanol–water partition coefficient (Wildman–Crippen LogP) is 2.02. The zero-order valence-electron chi connectivity index (χ0n) is 9.91. The van der Waals surface area contributed by atoms with Crippen molar-refractivity contribution in [2.24, 2.45) is 17.8 Å². The first-order chi connectivity index (χ1) is 7.61. The largest absolute Gasteiger partial charge is 0.480 e. The van der Waals surface area contributed by atoms with Crippen molar-refractivity contribution in [3.05, 3.63) is 0 Å². The van der Waals surface area contributed by atoms with E-state index in [-0.39, 0.29) is 0 Å². The monoisotopic (exact) mass is 223 g/mol. The van der Waals surface area contributed by atoms with Crippen LogP contribution in [0.1, 0.15) is 45.4 Å². The fourth-order valence-electron chi connectivity index (χ4n) is 2.89. The van der Waals surface area contributed by atoms with Crippen LogP contribution in [0.2, 0.25) is 0 Å². The van der Waals surface area contributed by atoms with Crippen molar-refractivity contribution in [3.8, 4) is 0 Å². The molecule has 16 heavy (non-hydrogen) atoms. The number of carboxylic acid groups (broad SMARTS) is 1. The van der Waals surface area contributed by atoms with Gasteiger partial charge in [-0.15, -0.1) is 0 Å². The quantitative estimate of drug-likeness (QED) is 0.724. The summed E-state index contributed by atoms with van der Waals surface area (Å²) in [5.74, 6) is 1.25. The highest BCUT2D eigenvalue weighted by Gasteiger charge is 2.52. The van der Waals surface area contributed by atoms with Crippen molar-refractivity contribution in [2.45, 2.75) is 57.0 Å². The van der Waals surface area contributed by atoms with Gasteiger partial charge in [0.15, 0.2) is 0 Å². The fraction of sp³-hybridized carbons (Fsp3) is 0.923. The minimum atomic E-state index is -0.657. The Morgan fingerprint density at radius 3 is 2.00 bits per heavy atom. The third-order valence-electron chi connectivity index (χ3n) is 4.56. The Balaban J connectivity index is 1.71. The van der Waals surface area contributed by atoms with Gasteiger partial charge < -0.3 is 5.11 Å². The Labute approximate surface area is 96.6 Å². The molecule has 0 aromatic rings. The average Bonchev–Trinajstić information content (AvgIpc) is 3.15. The highest BCUT2D eigenvalue weighted by molar-refractivity contribution is 5.79. The van der Waals surface area contributed by atoms with E-state index in [0.29, 0.717) is 12.0 Å². The van der Waals surface area contributed by atoms with Crippen LogP contribution in [0.25, 0.3) is 0 Å². The summed E-state index contributed by atoms with van der Waals surface area (Å²) < 4.78 is 0. The molecule has 2 N–H and O–H groups in total. The smallest absolute Gasteiger partial charge is 0.323 e. The molecular formula is C13H21NO2. The van der Waals surface area contributed by atoms with Gasteiger partial charge in [-0.3, -0.25) is 10.1 Å². The third kappa shape index (κ3) is 1.86. The maximum Gasteiger partial charge on any atom is 0.323 e. The topological polar surface area (TPSA) is 49.3 Å². The van der Waals surface area contributed by atoms with E-state index < -0.39 is 11.5 Å². The predicted molar refractivity (Wildman–Crippen MR) is 61.1 cm³/mol. The van der Waals surface area contributed by atoms with Gasteiger partial charge >= 0.3 is 5.97 Å². The molecule has 0 radical (unpaired) electrons. The summed E-state index contributed by atoms with van der Waals surface area (Å²) in [7, 11) is 0. The van der Waals surface area contributed by atoms with Crippen LogP contribution in [-0.2, 0) is 4.79 Å². The first-order valence-electron chi connectivity index (χ1n) is 6.62. The van der Waals surface area contributed by atoms with E-state index >= 15 is 0 Å². The molecule has 3 heteroatoms. The Morgan fingerprint density at radius 2 is 1.69 bits per heavy atom. The van der Waals surface area contributed by atoms with Gasteiger partial charge in [0.2, 0.25) is 0 Å². The van der Waals surface area contributed by atoms with Crippen molar-refractivity contribution in [3.63, 3.8) is 0 Å². The van der Waals surface area contributed by atoms with E-state index in [4.69, 9.17) is 0 Å². The zero-order valence-corrected chi connectivity index (χ0v) is 9.91. The lowest BCUT2D eigenvalue weighted by Gasteiger charge is -2.32. The summed E-state index contributed by atoms with van der Waals surface area (Å²) in [6.07, 6.45) is 7.36. The lowest BCUT2D eigenvalue weighted by Crippen LogP contribution is -2.56. The molecule has 0 saturated heterocycles. The molecule has 0 heterocycles. The summed E-state index contributed by atoms with van der Waals surface area (Å²) in [5.41, 5.74) is -0.657. The van der Waals surface area contributed by atoms with Crippen molar-refractivity contribution in [1.82, 2.24) is 5.32 Å². The van der Waals surface area contributed by atoms with Crippen LogP contribution in [0.3, 0.4) is 0 Å². The van der Waals surface area contributed by atoms with Crippen molar-refractivity contribution in [1.29, 1.82) is 0 Å². The third-order valence-corrected chi connectivity index (χ3v) is 4.56. The fourth-order valence-corrected chi connectivity index (χ4v) is 2.89. The molecule has 0 amide bonds. The first kappa shape index (κ1) is 10.6. The molecule has 1 atom stereocenters. The van der Waals surface area contributed by atoms with Gasteiger partial charge in [0.25, 0.3) is 0 Å². The molecule has 0 aliphatic heterocycles.